The lowest BCUT2D eigenvalue weighted by Gasteiger charge is -2.14. The van der Waals surface area contributed by atoms with E-state index in [-0.39, 0.29) is 0 Å². The second kappa shape index (κ2) is 6.57. The number of hydrogen-bond acceptors (Lipinski definition) is 3. The summed E-state index contributed by atoms with van der Waals surface area (Å²) in [4.78, 5) is 4.18. The Labute approximate surface area is 132 Å². The van der Waals surface area contributed by atoms with Crippen LogP contribution in [0.5, 0.6) is 11.6 Å². The average Bonchev–Trinajstić information content (AvgIpc) is 2.42. The third-order valence-corrected chi connectivity index (χ3v) is 3.77. The first-order valence-corrected chi connectivity index (χ1v) is 7.50. The van der Waals surface area contributed by atoms with Crippen LogP contribution in [0.3, 0.4) is 0 Å². The van der Waals surface area contributed by atoms with Gasteiger partial charge in [0.2, 0.25) is 5.88 Å². The molecule has 1 heterocycles. The van der Waals surface area contributed by atoms with E-state index in [0.717, 1.165) is 21.3 Å². The lowest BCUT2D eigenvalue weighted by Crippen LogP contribution is -2.00. The number of hydrogen-bond donors (Lipinski definition) is 1. The Morgan fingerprint density at radius 1 is 1.35 bits per heavy atom. The zero-order chi connectivity index (χ0) is 14.7. The van der Waals surface area contributed by atoms with Crippen LogP contribution in [0.15, 0.2) is 34.9 Å². The normalized spacial score (nSPS) is 10.9. The molecule has 0 saturated carbocycles. The zero-order valence-electron chi connectivity index (χ0n) is 11.4. The van der Waals surface area contributed by atoms with Crippen LogP contribution >= 0.6 is 27.5 Å². The molecule has 2 N–H and O–H groups in total. The summed E-state index contributed by atoms with van der Waals surface area (Å²) in [5, 5.41) is 0.555. The Morgan fingerprint density at radius 2 is 2.10 bits per heavy atom. The fraction of sp³-hybridized carbons (Fsp3) is 0.267. The molecule has 1 aromatic heterocycles. The number of aromatic nitrogens is 1. The summed E-state index contributed by atoms with van der Waals surface area (Å²) in [6.07, 6.45) is 1.56. The summed E-state index contributed by atoms with van der Waals surface area (Å²) in [5.41, 5.74) is 7.57. The highest BCUT2D eigenvalue weighted by Crippen LogP contribution is 2.33. The van der Waals surface area contributed by atoms with Gasteiger partial charge in [-0.2, -0.15) is 0 Å². The predicted octanol–water partition coefficient (Wildman–Crippen LogP) is 4.87. The van der Waals surface area contributed by atoms with Crippen LogP contribution in [0.1, 0.15) is 30.9 Å². The van der Waals surface area contributed by atoms with Gasteiger partial charge in [-0.25, -0.2) is 4.98 Å². The molecule has 106 valence electrons. The van der Waals surface area contributed by atoms with Gasteiger partial charge in [0.1, 0.15) is 5.75 Å². The molecule has 0 saturated heterocycles. The van der Waals surface area contributed by atoms with Crippen molar-refractivity contribution < 1.29 is 4.74 Å². The third-order valence-electron chi connectivity index (χ3n) is 2.94. The fourth-order valence-corrected chi connectivity index (χ4v) is 2.41. The van der Waals surface area contributed by atoms with E-state index < -0.39 is 0 Å². The van der Waals surface area contributed by atoms with Crippen LogP contribution in [0, 0.1) is 0 Å². The highest BCUT2D eigenvalue weighted by Gasteiger charge is 2.11. The van der Waals surface area contributed by atoms with Crippen LogP contribution in [0.25, 0.3) is 0 Å². The van der Waals surface area contributed by atoms with Crippen molar-refractivity contribution in [2.24, 2.45) is 5.73 Å². The van der Waals surface area contributed by atoms with Gasteiger partial charge in [-0.05, 0) is 35.2 Å². The molecule has 0 aliphatic heterocycles. The van der Waals surface area contributed by atoms with Crippen LogP contribution in [-0.2, 0) is 6.54 Å². The standard InChI is InChI=1S/C15H16BrClN2O/c1-9(2)12-6-11(16)3-4-14(12)20-15-5-10(7-18)13(17)8-19-15/h3-6,8-9H,7,18H2,1-2H3. The molecule has 3 nitrogen and oxygen atoms in total. The summed E-state index contributed by atoms with van der Waals surface area (Å²) in [7, 11) is 0. The van der Waals surface area contributed by atoms with E-state index in [4.69, 9.17) is 22.1 Å². The second-order valence-corrected chi connectivity index (χ2v) is 6.08. The highest BCUT2D eigenvalue weighted by molar-refractivity contribution is 9.10. The van der Waals surface area contributed by atoms with E-state index in [1.807, 2.05) is 12.1 Å². The number of nitrogens with two attached hydrogens (primary N) is 1. The van der Waals surface area contributed by atoms with Crippen molar-refractivity contribution in [2.75, 3.05) is 0 Å². The van der Waals surface area contributed by atoms with E-state index in [2.05, 4.69) is 40.8 Å². The molecular formula is C15H16BrClN2O. The molecule has 0 radical (unpaired) electrons. The Morgan fingerprint density at radius 3 is 2.75 bits per heavy atom. The molecule has 0 atom stereocenters. The van der Waals surface area contributed by atoms with Crippen molar-refractivity contribution >= 4 is 27.5 Å². The summed E-state index contributed by atoms with van der Waals surface area (Å²) >= 11 is 9.47. The number of pyridine rings is 1. The summed E-state index contributed by atoms with van der Waals surface area (Å²) in [6.45, 7) is 4.60. The maximum atomic E-state index is 6.00. The van der Waals surface area contributed by atoms with Crippen molar-refractivity contribution in [3.63, 3.8) is 0 Å². The minimum absolute atomic E-state index is 0.351. The topological polar surface area (TPSA) is 48.1 Å². The van der Waals surface area contributed by atoms with Crippen molar-refractivity contribution in [3.05, 3.63) is 51.1 Å². The first-order valence-electron chi connectivity index (χ1n) is 6.33. The number of rotatable bonds is 4. The number of halogens is 2. The van der Waals surface area contributed by atoms with E-state index in [0.29, 0.717) is 23.4 Å². The van der Waals surface area contributed by atoms with Gasteiger partial charge in [0.15, 0.2) is 0 Å². The van der Waals surface area contributed by atoms with Gasteiger partial charge in [-0.1, -0.05) is 41.4 Å². The molecule has 20 heavy (non-hydrogen) atoms. The van der Waals surface area contributed by atoms with Gasteiger partial charge in [0, 0.05) is 23.3 Å². The minimum atomic E-state index is 0.351. The number of benzene rings is 1. The zero-order valence-corrected chi connectivity index (χ0v) is 13.7. The molecule has 5 heteroatoms. The first-order chi connectivity index (χ1) is 9.51. The van der Waals surface area contributed by atoms with Crippen LogP contribution in [0.4, 0.5) is 0 Å². The molecule has 1 aromatic carbocycles. The fourth-order valence-electron chi connectivity index (χ4n) is 1.85. The smallest absolute Gasteiger partial charge is 0.219 e. The molecular weight excluding hydrogens is 340 g/mol. The quantitative estimate of drug-likeness (QED) is 0.851. The lowest BCUT2D eigenvalue weighted by molar-refractivity contribution is 0.453. The first kappa shape index (κ1) is 15.3. The molecule has 2 aromatic rings. The maximum Gasteiger partial charge on any atom is 0.219 e. The van der Waals surface area contributed by atoms with E-state index >= 15 is 0 Å². The van der Waals surface area contributed by atoms with Crippen molar-refractivity contribution in [3.8, 4) is 11.6 Å². The number of ether oxygens (including phenoxy) is 1. The molecule has 2 rings (SSSR count). The van der Waals surface area contributed by atoms with Crippen molar-refractivity contribution in [1.82, 2.24) is 4.98 Å². The Balaban J connectivity index is 2.34. The van der Waals surface area contributed by atoms with Crippen LogP contribution in [0.2, 0.25) is 5.02 Å². The van der Waals surface area contributed by atoms with Crippen molar-refractivity contribution in [2.45, 2.75) is 26.3 Å². The van der Waals surface area contributed by atoms with Gasteiger partial charge < -0.3 is 10.5 Å². The largest absolute Gasteiger partial charge is 0.439 e. The SMILES string of the molecule is CC(C)c1cc(Br)ccc1Oc1cc(CN)c(Cl)cn1. The van der Waals surface area contributed by atoms with Gasteiger partial charge in [-0.15, -0.1) is 0 Å². The highest BCUT2D eigenvalue weighted by atomic mass is 79.9. The predicted molar refractivity (Wildman–Crippen MR) is 85.4 cm³/mol. The van der Waals surface area contributed by atoms with Gasteiger partial charge in [0.05, 0.1) is 5.02 Å². The third kappa shape index (κ3) is 3.51. The minimum Gasteiger partial charge on any atom is -0.439 e. The summed E-state index contributed by atoms with van der Waals surface area (Å²) in [6, 6.07) is 7.70. The van der Waals surface area contributed by atoms with Crippen LogP contribution in [-0.4, -0.2) is 4.98 Å². The van der Waals surface area contributed by atoms with Gasteiger partial charge in [-0.3, -0.25) is 0 Å². The molecule has 0 aliphatic carbocycles. The van der Waals surface area contributed by atoms with E-state index in [1.54, 1.807) is 12.3 Å². The summed E-state index contributed by atoms with van der Waals surface area (Å²) < 4.78 is 6.91. The average molecular weight is 356 g/mol. The van der Waals surface area contributed by atoms with Crippen LogP contribution < -0.4 is 10.5 Å². The summed E-state index contributed by atoms with van der Waals surface area (Å²) in [5.74, 6) is 1.64. The lowest BCUT2D eigenvalue weighted by atomic mass is 10.0. The van der Waals surface area contributed by atoms with Gasteiger partial charge in [0.25, 0.3) is 0 Å². The Bertz CT molecular complexity index is 617. The van der Waals surface area contributed by atoms with E-state index in [9.17, 15) is 0 Å². The molecule has 0 unspecified atom stereocenters. The maximum absolute atomic E-state index is 6.00. The van der Waals surface area contributed by atoms with Crippen molar-refractivity contribution in [1.29, 1.82) is 0 Å². The molecule has 0 fully saturated rings. The monoisotopic (exact) mass is 354 g/mol. The Kier molecular flexibility index (Phi) is 5.02. The molecule has 0 spiro atoms. The Hall–Kier alpha value is -1.10. The van der Waals surface area contributed by atoms with E-state index in [1.165, 1.54) is 0 Å². The molecule has 0 bridgehead atoms. The number of nitrogens with zero attached hydrogens (tertiary/aromatic N) is 1. The van der Waals surface area contributed by atoms with Gasteiger partial charge >= 0.3 is 0 Å². The molecule has 0 aliphatic rings. The second-order valence-electron chi connectivity index (χ2n) is 4.76. The molecule has 0 amide bonds.